The number of sulfonamides is 1. The number of hydrogen-bond donors (Lipinski definition) is 1. The lowest BCUT2D eigenvalue weighted by Crippen LogP contribution is -2.26. The summed E-state index contributed by atoms with van der Waals surface area (Å²) in [6, 6.07) is 22.3. The van der Waals surface area contributed by atoms with Crippen molar-refractivity contribution in [3.05, 3.63) is 84.4 Å². The van der Waals surface area contributed by atoms with Gasteiger partial charge in [0.05, 0.1) is 10.6 Å². The molecule has 0 bridgehead atoms. The molecule has 1 amide bonds. The number of nitrogens with one attached hydrogen (secondary N) is 1. The van der Waals surface area contributed by atoms with E-state index in [1.54, 1.807) is 42.5 Å². The summed E-state index contributed by atoms with van der Waals surface area (Å²) in [4.78, 5) is 12.3. The number of benzene rings is 3. The smallest absolute Gasteiger partial charge is 0.264 e. The number of rotatable bonds is 7. The Bertz CT molecular complexity index is 1100. The quantitative estimate of drug-likeness (QED) is 0.642. The minimum Gasteiger partial charge on any atom is -0.483 e. The first-order chi connectivity index (χ1) is 13.9. The molecule has 6 nitrogen and oxygen atoms in total. The van der Waals surface area contributed by atoms with Crippen LogP contribution in [0.1, 0.15) is 5.56 Å². The average Bonchev–Trinajstić information content (AvgIpc) is 2.73. The maximum Gasteiger partial charge on any atom is 0.264 e. The molecular weight excluding hydrogens is 388 g/mol. The van der Waals surface area contributed by atoms with Crippen LogP contribution < -0.4 is 14.4 Å². The molecule has 150 valence electrons. The lowest BCUT2D eigenvalue weighted by atomic mass is 10.2. The van der Waals surface area contributed by atoms with Crippen molar-refractivity contribution in [2.24, 2.45) is 0 Å². The second kappa shape index (κ2) is 8.79. The third-order valence-electron chi connectivity index (χ3n) is 4.35. The predicted molar refractivity (Wildman–Crippen MR) is 114 cm³/mol. The van der Waals surface area contributed by atoms with E-state index in [0.717, 1.165) is 5.56 Å². The Kier molecular flexibility index (Phi) is 6.19. The van der Waals surface area contributed by atoms with Gasteiger partial charge in [0.15, 0.2) is 6.61 Å². The summed E-state index contributed by atoms with van der Waals surface area (Å²) in [7, 11) is -2.27. The van der Waals surface area contributed by atoms with Gasteiger partial charge in [-0.1, -0.05) is 42.5 Å². The second-order valence-electron chi connectivity index (χ2n) is 6.44. The summed E-state index contributed by atoms with van der Waals surface area (Å²) in [6.07, 6.45) is 0. The summed E-state index contributed by atoms with van der Waals surface area (Å²) in [5.74, 6) is 0.252. The normalized spacial score (nSPS) is 11.0. The molecule has 0 aliphatic carbocycles. The first-order valence-electron chi connectivity index (χ1n) is 9.00. The van der Waals surface area contributed by atoms with Crippen LogP contribution in [0.2, 0.25) is 0 Å². The van der Waals surface area contributed by atoms with Crippen LogP contribution in [-0.4, -0.2) is 28.0 Å². The van der Waals surface area contributed by atoms with Crippen LogP contribution in [0.25, 0.3) is 0 Å². The van der Waals surface area contributed by atoms with Gasteiger partial charge in [0, 0.05) is 12.7 Å². The Hall–Kier alpha value is -3.32. The van der Waals surface area contributed by atoms with Gasteiger partial charge in [-0.3, -0.25) is 9.10 Å². The summed E-state index contributed by atoms with van der Waals surface area (Å²) in [6.45, 7) is 1.72. The number of hydrogen-bond acceptors (Lipinski definition) is 4. The van der Waals surface area contributed by atoms with Gasteiger partial charge in [0.25, 0.3) is 15.9 Å². The van der Waals surface area contributed by atoms with Crippen molar-refractivity contribution >= 4 is 27.3 Å². The van der Waals surface area contributed by atoms with Crippen LogP contribution in [-0.2, 0) is 14.8 Å². The number of ether oxygens (including phenoxy) is 1. The molecule has 0 aromatic heterocycles. The molecule has 3 rings (SSSR count). The number of carbonyl (C=O) groups excluding carboxylic acids is 1. The summed E-state index contributed by atoms with van der Waals surface area (Å²) in [5, 5.41) is 2.68. The molecule has 0 unspecified atom stereocenters. The van der Waals surface area contributed by atoms with Gasteiger partial charge in [0.2, 0.25) is 0 Å². The van der Waals surface area contributed by atoms with Crippen molar-refractivity contribution in [1.29, 1.82) is 0 Å². The highest BCUT2D eigenvalue weighted by atomic mass is 32.2. The van der Waals surface area contributed by atoms with Gasteiger partial charge >= 0.3 is 0 Å². The van der Waals surface area contributed by atoms with Crippen LogP contribution >= 0.6 is 0 Å². The zero-order valence-electron chi connectivity index (χ0n) is 16.2. The molecule has 0 spiro atoms. The van der Waals surface area contributed by atoms with Crippen LogP contribution in [0, 0.1) is 6.92 Å². The molecule has 3 aromatic carbocycles. The highest BCUT2D eigenvalue weighted by Crippen LogP contribution is 2.23. The standard InChI is InChI=1S/C22H22N2O4S/c1-17-9-6-7-14-21(17)28-16-22(25)23-18-10-8-13-20(15-18)29(26,27)24(2)19-11-4-3-5-12-19/h3-15H,16H2,1-2H3,(H,23,25). The van der Waals surface area contributed by atoms with Crippen molar-refractivity contribution in [3.8, 4) is 5.75 Å². The Morgan fingerprint density at radius 2 is 1.66 bits per heavy atom. The van der Waals surface area contributed by atoms with Crippen LogP contribution in [0.4, 0.5) is 11.4 Å². The minimum atomic E-state index is -3.76. The monoisotopic (exact) mass is 410 g/mol. The Morgan fingerprint density at radius 1 is 0.966 bits per heavy atom. The first kappa shape index (κ1) is 20.4. The molecule has 1 N–H and O–H groups in total. The number of amides is 1. The number of anilines is 2. The first-order valence-corrected chi connectivity index (χ1v) is 10.4. The molecule has 0 atom stereocenters. The van der Waals surface area contributed by atoms with Gasteiger partial charge in [0.1, 0.15) is 5.75 Å². The van der Waals surface area contributed by atoms with Gasteiger partial charge in [-0.25, -0.2) is 8.42 Å². The van der Waals surface area contributed by atoms with Gasteiger partial charge in [-0.2, -0.15) is 0 Å². The Labute approximate surface area is 170 Å². The molecule has 0 fully saturated rings. The van der Waals surface area contributed by atoms with Crippen LogP contribution in [0.3, 0.4) is 0 Å². The van der Waals surface area contributed by atoms with E-state index in [0.29, 0.717) is 17.1 Å². The minimum absolute atomic E-state index is 0.0847. The van der Waals surface area contributed by atoms with E-state index in [2.05, 4.69) is 5.32 Å². The van der Waals surface area contributed by atoms with E-state index in [-0.39, 0.29) is 17.4 Å². The van der Waals surface area contributed by atoms with Crippen molar-refractivity contribution in [2.45, 2.75) is 11.8 Å². The number of nitrogens with zero attached hydrogens (tertiary/aromatic N) is 1. The Balaban J connectivity index is 1.70. The predicted octanol–water partition coefficient (Wildman–Crippen LogP) is 3.84. The molecule has 3 aromatic rings. The van der Waals surface area contributed by atoms with E-state index in [1.165, 1.54) is 23.5 Å². The molecule has 0 saturated heterocycles. The molecule has 0 radical (unpaired) electrons. The molecular formula is C22H22N2O4S. The van der Waals surface area contributed by atoms with Crippen molar-refractivity contribution < 1.29 is 17.9 Å². The van der Waals surface area contributed by atoms with Crippen molar-refractivity contribution in [2.75, 3.05) is 23.3 Å². The lowest BCUT2D eigenvalue weighted by Gasteiger charge is -2.20. The van der Waals surface area contributed by atoms with Gasteiger partial charge in [-0.05, 0) is 48.9 Å². The van der Waals surface area contributed by atoms with Gasteiger partial charge < -0.3 is 10.1 Å². The molecule has 7 heteroatoms. The maximum atomic E-state index is 12.9. The van der Waals surface area contributed by atoms with E-state index in [1.807, 2.05) is 31.2 Å². The van der Waals surface area contributed by atoms with Crippen molar-refractivity contribution in [1.82, 2.24) is 0 Å². The highest BCUT2D eigenvalue weighted by molar-refractivity contribution is 7.92. The molecule has 29 heavy (non-hydrogen) atoms. The zero-order chi connectivity index (χ0) is 20.9. The number of aryl methyl sites for hydroxylation is 1. The van der Waals surface area contributed by atoms with E-state index in [9.17, 15) is 13.2 Å². The SMILES string of the molecule is Cc1ccccc1OCC(=O)Nc1cccc(S(=O)(=O)N(C)c2ccccc2)c1. The number of para-hydroxylation sites is 2. The highest BCUT2D eigenvalue weighted by Gasteiger charge is 2.21. The van der Waals surface area contributed by atoms with Crippen molar-refractivity contribution in [3.63, 3.8) is 0 Å². The summed E-state index contributed by atoms with van der Waals surface area (Å²) >= 11 is 0. The fourth-order valence-corrected chi connectivity index (χ4v) is 3.97. The van der Waals surface area contributed by atoms with Gasteiger partial charge in [-0.15, -0.1) is 0 Å². The molecule has 0 aliphatic heterocycles. The number of carbonyl (C=O) groups is 1. The maximum absolute atomic E-state index is 12.9. The lowest BCUT2D eigenvalue weighted by molar-refractivity contribution is -0.118. The topological polar surface area (TPSA) is 75.7 Å². The fraction of sp³-hybridized carbons (Fsp3) is 0.136. The zero-order valence-corrected chi connectivity index (χ0v) is 17.0. The van der Waals surface area contributed by atoms with Crippen LogP contribution in [0.5, 0.6) is 5.75 Å². The average molecular weight is 410 g/mol. The summed E-state index contributed by atoms with van der Waals surface area (Å²) in [5.41, 5.74) is 1.86. The Morgan fingerprint density at radius 3 is 2.38 bits per heavy atom. The van der Waals surface area contributed by atoms with Crippen LogP contribution in [0.15, 0.2) is 83.8 Å². The molecule has 0 aliphatic rings. The molecule has 0 saturated carbocycles. The third-order valence-corrected chi connectivity index (χ3v) is 6.13. The summed E-state index contributed by atoms with van der Waals surface area (Å²) < 4.78 is 32.5. The van der Waals surface area contributed by atoms with E-state index >= 15 is 0 Å². The fourth-order valence-electron chi connectivity index (χ4n) is 2.73. The van der Waals surface area contributed by atoms with E-state index < -0.39 is 10.0 Å². The third kappa shape index (κ3) is 4.94. The largest absolute Gasteiger partial charge is 0.483 e. The molecule has 0 heterocycles. The second-order valence-corrected chi connectivity index (χ2v) is 8.41. The van der Waals surface area contributed by atoms with E-state index in [4.69, 9.17) is 4.74 Å².